The Kier molecular flexibility index (Phi) is 10.0. The monoisotopic (exact) mass is 812 g/mol. The van der Waals surface area contributed by atoms with Gasteiger partial charge in [-0.15, -0.1) is 11.3 Å². The molecule has 0 radical (unpaired) electrons. The molecule has 1 fully saturated rings. The number of benzene rings is 6. The highest BCUT2D eigenvalue weighted by molar-refractivity contribution is 7.26. The zero-order valence-corrected chi connectivity index (χ0v) is 35.6. The van der Waals surface area contributed by atoms with E-state index in [1.807, 2.05) is 11.3 Å². The van der Waals surface area contributed by atoms with Crippen LogP contribution in [0, 0.1) is 11.8 Å². The number of piperidine rings is 1. The van der Waals surface area contributed by atoms with Crippen molar-refractivity contribution < 1.29 is 0 Å². The van der Waals surface area contributed by atoms with E-state index in [1.165, 1.54) is 94.4 Å². The van der Waals surface area contributed by atoms with Crippen molar-refractivity contribution >= 4 is 48.5 Å². The van der Waals surface area contributed by atoms with Gasteiger partial charge >= 0.3 is 0 Å². The highest BCUT2D eigenvalue weighted by Crippen LogP contribution is 2.42. The summed E-state index contributed by atoms with van der Waals surface area (Å²) >= 11 is 1.89. The molecule has 1 saturated heterocycles. The third kappa shape index (κ3) is 7.05. The van der Waals surface area contributed by atoms with Crippen molar-refractivity contribution in [3.8, 4) is 27.9 Å². The van der Waals surface area contributed by atoms with E-state index in [0.29, 0.717) is 17.9 Å². The Bertz CT molecular complexity index is 2980. The minimum Gasteiger partial charge on any atom is -0.373 e. The summed E-state index contributed by atoms with van der Waals surface area (Å²) in [5.74, 6) is 0.941. The van der Waals surface area contributed by atoms with Gasteiger partial charge in [0, 0.05) is 68.2 Å². The SMILES string of the molecule is CN(Cc1cccc(-c2ccc3c(c2)c2c(n3-c3ccc(-c4cccc5c4sc4ccccc45)cc3)C=CCC2)c1)/C(=C\C(N)c1ccccc1)C1CC=CC2CCCNC21. The summed E-state index contributed by atoms with van der Waals surface area (Å²) in [6.07, 6.45) is 17.5. The normalized spacial score (nSPS) is 19.3. The van der Waals surface area contributed by atoms with Crippen LogP contribution < -0.4 is 11.1 Å². The largest absolute Gasteiger partial charge is 0.373 e. The summed E-state index contributed by atoms with van der Waals surface area (Å²) in [6, 6.07) is 51.8. The summed E-state index contributed by atoms with van der Waals surface area (Å²) in [7, 11) is 2.26. The number of nitrogens with one attached hydrogen (secondary N) is 1. The summed E-state index contributed by atoms with van der Waals surface area (Å²) in [6.45, 7) is 1.89. The fraction of sp³-hybridized carbons (Fsp3) is 0.214. The van der Waals surface area contributed by atoms with E-state index < -0.39 is 0 Å². The molecular formula is C56H52N4S. The van der Waals surface area contributed by atoms with Gasteiger partial charge in [-0.25, -0.2) is 0 Å². The molecule has 0 amide bonds. The van der Waals surface area contributed by atoms with E-state index in [4.69, 9.17) is 5.73 Å². The first-order valence-corrected chi connectivity index (χ1v) is 23.0. The number of thiophene rings is 1. The third-order valence-electron chi connectivity index (χ3n) is 13.6. The van der Waals surface area contributed by atoms with Crippen LogP contribution in [0.3, 0.4) is 0 Å². The molecule has 2 aliphatic carbocycles. The van der Waals surface area contributed by atoms with E-state index in [-0.39, 0.29) is 6.04 Å². The average Bonchev–Trinajstić information content (AvgIpc) is 3.87. The Morgan fingerprint density at radius 2 is 1.62 bits per heavy atom. The molecular weight excluding hydrogens is 761 g/mol. The highest BCUT2D eigenvalue weighted by atomic mass is 32.1. The number of allylic oxidation sites excluding steroid dienone is 2. The molecule has 0 spiro atoms. The maximum atomic E-state index is 6.95. The van der Waals surface area contributed by atoms with Gasteiger partial charge < -0.3 is 20.5 Å². The molecule has 3 N–H and O–H groups in total. The zero-order valence-electron chi connectivity index (χ0n) is 34.8. The Balaban J connectivity index is 0.905. The number of nitrogens with zero attached hydrogens (tertiary/aromatic N) is 2. The van der Waals surface area contributed by atoms with Gasteiger partial charge in [0.05, 0.1) is 11.6 Å². The van der Waals surface area contributed by atoms with Crippen molar-refractivity contribution in [2.24, 2.45) is 17.6 Å². The second-order valence-electron chi connectivity index (χ2n) is 17.3. The van der Waals surface area contributed by atoms with Crippen LogP contribution >= 0.6 is 11.3 Å². The summed E-state index contributed by atoms with van der Waals surface area (Å²) < 4.78 is 5.16. The summed E-state index contributed by atoms with van der Waals surface area (Å²) in [5.41, 5.74) is 21.0. The second-order valence-corrected chi connectivity index (χ2v) is 18.4. The van der Waals surface area contributed by atoms with Crippen LogP contribution in [-0.4, -0.2) is 29.1 Å². The minimum absolute atomic E-state index is 0.169. The molecule has 3 heterocycles. The van der Waals surface area contributed by atoms with Crippen LogP contribution in [0.4, 0.5) is 0 Å². The maximum Gasteiger partial charge on any atom is 0.0538 e. The van der Waals surface area contributed by atoms with Crippen LogP contribution in [0.5, 0.6) is 0 Å². The Morgan fingerprint density at radius 1 is 0.820 bits per heavy atom. The average molecular weight is 813 g/mol. The fourth-order valence-electron chi connectivity index (χ4n) is 10.6. The molecule has 6 aromatic carbocycles. The molecule has 0 saturated carbocycles. The lowest BCUT2D eigenvalue weighted by molar-refractivity contribution is 0.217. The Hall–Kier alpha value is -5.98. The van der Waals surface area contributed by atoms with Crippen LogP contribution in [0.25, 0.3) is 65.1 Å². The first-order chi connectivity index (χ1) is 30.1. The Morgan fingerprint density at radius 3 is 2.52 bits per heavy atom. The molecule has 1 aliphatic heterocycles. The molecule has 11 rings (SSSR count). The maximum absolute atomic E-state index is 6.95. The molecule has 4 atom stereocenters. The number of rotatable bonds is 9. The topological polar surface area (TPSA) is 46.2 Å². The third-order valence-corrected chi connectivity index (χ3v) is 14.8. The zero-order chi connectivity index (χ0) is 40.9. The van der Waals surface area contributed by atoms with Crippen LogP contribution in [0.2, 0.25) is 0 Å². The number of nitrogens with two attached hydrogens (primary N) is 1. The van der Waals surface area contributed by atoms with E-state index in [1.54, 1.807) is 0 Å². The molecule has 8 aromatic rings. The standard InChI is InChI=1S/C56H52N4S/c1-59(53(35-50(57)39-14-3-2-4-15-39)48-23-10-16-40-18-12-32-58-55(40)48)36-37-13-9-17-41(33-37)42-28-31-52-49(34-42)45-19-5-7-24-51(45)60(52)43-29-26-38(27-30-43)44-21-11-22-47-46-20-6-8-25-54(46)61-56(44)47/h2-4,6-11,13-17,20-22,24-31,33-35,40,48,50,55,58H,5,12,18-19,23,32,36,57H2,1H3/b53-35-. The Labute approximate surface area is 363 Å². The van der Waals surface area contributed by atoms with Gasteiger partial charge in [0.2, 0.25) is 0 Å². The van der Waals surface area contributed by atoms with Crippen molar-refractivity contribution in [2.45, 2.75) is 50.7 Å². The van der Waals surface area contributed by atoms with Crippen molar-refractivity contribution in [3.63, 3.8) is 0 Å². The van der Waals surface area contributed by atoms with E-state index in [0.717, 1.165) is 37.9 Å². The lowest BCUT2D eigenvalue weighted by atomic mass is 9.75. The fourth-order valence-corrected chi connectivity index (χ4v) is 11.8. The lowest BCUT2D eigenvalue weighted by Gasteiger charge is -2.42. The lowest BCUT2D eigenvalue weighted by Crippen LogP contribution is -2.49. The van der Waals surface area contributed by atoms with Crippen molar-refractivity contribution in [3.05, 3.63) is 192 Å². The van der Waals surface area contributed by atoms with Crippen LogP contribution in [-0.2, 0) is 13.0 Å². The number of hydrogen-bond donors (Lipinski definition) is 2. The first-order valence-electron chi connectivity index (χ1n) is 22.1. The molecule has 0 bridgehead atoms. The van der Waals surface area contributed by atoms with Gasteiger partial charge in [0.1, 0.15) is 0 Å². The van der Waals surface area contributed by atoms with Gasteiger partial charge in [-0.2, -0.15) is 0 Å². The van der Waals surface area contributed by atoms with Crippen molar-refractivity contribution in [1.29, 1.82) is 0 Å². The molecule has 3 aliphatic rings. The van der Waals surface area contributed by atoms with E-state index >= 15 is 0 Å². The molecule has 4 nitrogen and oxygen atoms in total. The van der Waals surface area contributed by atoms with Gasteiger partial charge in [0.15, 0.2) is 0 Å². The van der Waals surface area contributed by atoms with Gasteiger partial charge in [-0.1, -0.05) is 121 Å². The number of aromatic nitrogens is 1. The van der Waals surface area contributed by atoms with Crippen LogP contribution in [0.1, 0.15) is 54.1 Å². The van der Waals surface area contributed by atoms with E-state index in [2.05, 4.69) is 192 Å². The van der Waals surface area contributed by atoms with E-state index in [9.17, 15) is 0 Å². The van der Waals surface area contributed by atoms with Gasteiger partial charge in [0.25, 0.3) is 0 Å². The molecule has 61 heavy (non-hydrogen) atoms. The molecule has 4 unspecified atom stereocenters. The number of hydrogen-bond acceptors (Lipinski definition) is 4. The first kappa shape index (κ1) is 38.0. The van der Waals surface area contributed by atoms with Crippen molar-refractivity contribution in [2.75, 3.05) is 13.6 Å². The summed E-state index contributed by atoms with van der Waals surface area (Å²) in [5, 5.41) is 7.94. The number of aryl methyl sites for hydroxylation is 1. The van der Waals surface area contributed by atoms with Crippen molar-refractivity contribution in [1.82, 2.24) is 14.8 Å². The molecule has 5 heteroatoms. The molecule has 302 valence electrons. The highest BCUT2D eigenvalue weighted by Gasteiger charge is 2.35. The predicted molar refractivity (Wildman–Crippen MR) is 259 cm³/mol. The number of fused-ring (bicyclic) bond motifs is 7. The minimum atomic E-state index is -0.169. The quantitative estimate of drug-likeness (QED) is 0.143. The molecule has 2 aromatic heterocycles. The summed E-state index contributed by atoms with van der Waals surface area (Å²) in [4.78, 5) is 2.47. The predicted octanol–water partition coefficient (Wildman–Crippen LogP) is 13.3. The van der Waals surface area contributed by atoms with Gasteiger partial charge in [-0.05, 0) is 132 Å². The van der Waals surface area contributed by atoms with Gasteiger partial charge in [-0.3, -0.25) is 0 Å². The second kappa shape index (κ2) is 16.1. The smallest absolute Gasteiger partial charge is 0.0538 e. The van der Waals surface area contributed by atoms with Crippen LogP contribution in [0.15, 0.2) is 170 Å².